The highest BCUT2D eigenvalue weighted by molar-refractivity contribution is 6.08. The van der Waals surface area contributed by atoms with Gasteiger partial charge in [0.05, 0.1) is 6.42 Å². The number of carbonyl (C=O) groups excluding carboxylic acids is 2. The van der Waals surface area contributed by atoms with Gasteiger partial charge in [0.15, 0.2) is 0 Å². The van der Waals surface area contributed by atoms with Gasteiger partial charge in [-0.1, -0.05) is 30.3 Å². The van der Waals surface area contributed by atoms with Gasteiger partial charge in [-0.25, -0.2) is 4.79 Å². The topological polar surface area (TPSA) is 43.4 Å². The first-order chi connectivity index (χ1) is 6.75. The van der Waals surface area contributed by atoms with Gasteiger partial charge in [-0.15, -0.1) is 0 Å². The van der Waals surface area contributed by atoms with Crippen molar-refractivity contribution in [2.45, 2.75) is 6.42 Å². The summed E-state index contributed by atoms with van der Waals surface area (Å²) < 4.78 is 4.40. The van der Waals surface area contributed by atoms with Gasteiger partial charge >= 0.3 is 11.9 Å². The Labute approximate surface area is 81.0 Å². The number of benzene rings is 1. The number of hydrogen-bond donors (Lipinski definition) is 0. The zero-order chi connectivity index (χ0) is 9.97. The van der Waals surface area contributed by atoms with Crippen molar-refractivity contribution >= 4 is 18.0 Å². The number of hydrogen-bond acceptors (Lipinski definition) is 3. The molecule has 0 saturated carbocycles. The molecule has 0 atom stereocenters. The van der Waals surface area contributed by atoms with E-state index in [0.717, 1.165) is 5.56 Å². The van der Waals surface area contributed by atoms with E-state index in [4.69, 9.17) is 0 Å². The van der Waals surface area contributed by atoms with Crippen LogP contribution in [0.1, 0.15) is 12.0 Å². The van der Waals surface area contributed by atoms with E-state index >= 15 is 0 Å². The van der Waals surface area contributed by atoms with E-state index in [1.54, 1.807) is 6.08 Å². The number of rotatable bonds is 1. The first kappa shape index (κ1) is 8.69. The van der Waals surface area contributed by atoms with Crippen LogP contribution in [0.25, 0.3) is 6.08 Å². The molecule has 3 heteroatoms. The van der Waals surface area contributed by atoms with Crippen LogP contribution in [0.3, 0.4) is 0 Å². The van der Waals surface area contributed by atoms with Crippen LogP contribution in [0.15, 0.2) is 35.9 Å². The first-order valence-corrected chi connectivity index (χ1v) is 4.26. The van der Waals surface area contributed by atoms with Gasteiger partial charge in [0.1, 0.15) is 0 Å². The van der Waals surface area contributed by atoms with E-state index in [1.807, 2.05) is 30.3 Å². The summed E-state index contributed by atoms with van der Waals surface area (Å²) >= 11 is 0. The molecule has 0 amide bonds. The zero-order valence-corrected chi connectivity index (χ0v) is 7.40. The molecule has 1 aliphatic heterocycles. The van der Waals surface area contributed by atoms with Crippen LogP contribution in [0, 0.1) is 0 Å². The fourth-order valence-corrected chi connectivity index (χ4v) is 1.29. The fourth-order valence-electron chi connectivity index (χ4n) is 1.29. The molecule has 1 fully saturated rings. The standard InChI is InChI=1S/C11H8O3/c12-10-7-9(11(13)14-10)6-8-4-2-1-3-5-8/h1-6H,7H2/b9-6+. The Morgan fingerprint density at radius 1 is 1.14 bits per heavy atom. The smallest absolute Gasteiger partial charge is 0.342 e. The lowest BCUT2D eigenvalue weighted by Crippen LogP contribution is -1.96. The summed E-state index contributed by atoms with van der Waals surface area (Å²) in [6, 6.07) is 9.36. The average Bonchev–Trinajstić information content (AvgIpc) is 2.47. The van der Waals surface area contributed by atoms with Crippen molar-refractivity contribution in [3.63, 3.8) is 0 Å². The maximum Gasteiger partial charge on any atom is 0.342 e. The molecule has 1 saturated heterocycles. The van der Waals surface area contributed by atoms with Gasteiger partial charge < -0.3 is 4.74 Å². The van der Waals surface area contributed by atoms with Crippen LogP contribution < -0.4 is 0 Å². The Morgan fingerprint density at radius 2 is 1.86 bits per heavy atom. The molecule has 70 valence electrons. The summed E-state index contributed by atoms with van der Waals surface area (Å²) in [7, 11) is 0. The maximum atomic E-state index is 11.1. The van der Waals surface area contributed by atoms with Crippen LogP contribution in [0.2, 0.25) is 0 Å². The Hall–Kier alpha value is -1.90. The van der Waals surface area contributed by atoms with Crippen molar-refractivity contribution in [1.82, 2.24) is 0 Å². The van der Waals surface area contributed by atoms with E-state index in [2.05, 4.69) is 4.74 Å². The molecule has 0 radical (unpaired) electrons. The highest BCUT2D eigenvalue weighted by atomic mass is 16.6. The normalized spacial score (nSPS) is 18.7. The summed E-state index contributed by atoms with van der Waals surface area (Å²) in [6.07, 6.45) is 1.75. The number of ether oxygens (including phenoxy) is 1. The summed E-state index contributed by atoms with van der Waals surface area (Å²) in [5, 5.41) is 0. The van der Waals surface area contributed by atoms with E-state index in [9.17, 15) is 9.59 Å². The minimum atomic E-state index is -0.529. The molecular weight excluding hydrogens is 180 g/mol. The summed E-state index contributed by atoms with van der Waals surface area (Å²) in [5.41, 5.74) is 1.32. The summed E-state index contributed by atoms with van der Waals surface area (Å²) in [4.78, 5) is 21.8. The van der Waals surface area contributed by atoms with E-state index in [1.165, 1.54) is 0 Å². The molecule has 1 aromatic rings. The molecule has 2 rings (SSSR count). The molecule has 0 bridgehead atoms. The third-order valence-electron chi connectivity index (χ3n) is 1.94. The van der Waals surface area contributed by atoms with Crippen LogP contribution in [0.4, 0.5) is 0 Å². The minimum absolute atomic E-state index is 0.0771. The Balaban J connectivity index is 2.28. The second-order valence-electron chi connectivity index (χ2n) is 3.02. The van der Waals surface area contributed by atoms with Gasteiger partial charge in [0, 0.05) is 5.57 Å². The molecule has 0 aromatic heterocycles. The van der Waals surface area contributed by atoms with Crippen molar-refractivity contribution in [3.05, 3.63) is 41.5 Å². The van der Waals surface area contributed by atoms with Crippen LogP contribution in [-0.4, -0.2) is 11.9 Å². The van der Waals surface area contributed by atoms with Crippen molar-refractivity contribution in [2.75, 3.05) is 0 Å². The van der Waals surface area contributed by atoms with Gasteiger partial charge in [-0.05, 0) is 11.6 Å². The largest absolute Gasteiger partial charge is 0.389 e. The fraction of sp³-hybridized carbons (Fsp3) is 0.0909. The molecule has 0 N–H and O–H groups in total. The van der Waals surface area contributed by atoms with Gasteiger partial charge in [0.2, 0.25) is 0 Å². The lowest BCUT2D eigenvalue weighted by atomic mass is 10.1. The first-order valence-electron chi connectivity index (χ1n) is 4.26. The molecule has 0 aliphatic carbocycles. The molecular formula is C11H8O3. The second kappa shape index (κ2) is 3.46. The van der Waals surface area contributed by atoms with Crippen LogP contribution in [-0.2, 0) is 14.3 Å². The number of esters is 2. The number of carbonyl (C=O) groups is 2. The van der Waals surface area contributed by atoms with Crippen molar-refractivity contribution in [1.29, 1.82) is 0 Å². The van der Waals surface area contributed by atoms with E-state index in [0.29, 0.717) is 5.57 Å². The maximum absolute atomic E-state index is 11.1. The van der Waals surface area contributed by atoms with Crippen LogP contribution in [0.5, 0.6) is 0 Å². The Bertz CT molecular complexity index is 404. The zero-order valence-electron chi connectivity index (χ0n) is 7.40. The third kappa shape index (κ3) is 1.71. The Kier molecular flexibility index (Phi) is 2.14. The molecule has 14 heavy (non-hydrogen) atoms. The van der Waals surface area contributed by atoms with Crippen molar-refractivity contribution in [3.8, 4) is 0 Å². The summed E-state index contributed by atoms with van der Waals surface area (Å²) in [6.45, 7) is 0. The third-order valence-corrected chi connectivity index (χ3v) is 1.94. The molecule has 1 heterocycles. The second-order valence-corrected chi connectivity index (χ2v) is 3.02. The lowest BCUT2D eigenvalue weighted by molar-refractivity contribution is -0.151. The van der Waals surface area contributed by atoms with Crippen molar-refractivity contribution in [2.24, 2.45) is 0 Å². The van der Waals surface area contributed by atoms with Crippen LogP contribution >= 0.6 is 0 Å². The molecule has 0 unspecified atom stereocenters. The van der Waals surface area contributed by atoms with Gasteiger partial charge in [0.25, 0.3) is 0 Å². The predicted molar refractivity (Wildman–Crippen MR) is 50.1 cm³/mol. The quantitative estimate of drug-likeness (QED) is 0.381. The highest BCUT2D eigenvalue weighted by Gasteiger charge is 2.26. The lowest BCUT2D eigenvalue weighted by Gasteiger charge is -1.92. The van der Waals surface area contributed by atoms with Gasteiger partial charge in [-0.3, -0.25) is 4.79 Å². The molecule has 1 aliphatic rings. The highest BCUT2D eigenvalue weighted by Crippen LogP contribution is 2.17. The average molecular weight is 188 g/mol. The van der Waals surface area contributed by atoms with E-state index in [-0.39, 0.29) is 6.42 Å². The number of cyclic esters (lactones) is 2. The molecule has 0 spiro atoms. The summed E-state index contributed by atoms with van der Waals surface area (Å²) in [5.74, 6) is -1.00. The monoisotopic (exact) mass is 188 g/mol. The molecule has 1 aromatic carbocycles. The SMILES string of the molecule is O=C1C/C(=C\c2ccccc2)C(=O)O1. The van der Waals surface area contributed by atoms with Gasteiger partial charge in [-0.2, -0.15) is 0 Å². The Morgan fingerprint density at radius 3 is 2.43 bits per heavy atom. The predicted octanol–water partition coefficient (Wildman–Crippen LogP) is 1.54. The minimum Gasteiger partial charge on any atom is -0.389 e. The van der Waals surface area contributed by atoms with E-state index < -0.39 is 11.9 Å². The van der Waals surface area contributed by atoms with Crippen molar-refractivity contribution < 1.29 is 14.3 Å². The molecule has 3 nitrogen and oxygen atoms in total.